The Morgan fingerprint density at radius 2 is 2.35 bits per heavy atom. The molecule has 1 aliphatic heterocycles. The molecule has 0 aliphatic carbocycles. The number of rotatable bonds is 3. The summed E-state index contributed by atoms with van der Waals surface area (Å²) >= 11 is 5.90. The molecule has 1 aliphatic rings. The summed E-state index contributed by atoms with van der Waals surface area (Å²) in [6, 6.07) is 5.77. The topological polar surface area (TPSA) is 41.1 Å². The van der Waals surface area contributed by atoms with Gasteiger partial charge < -0.3 is 10.6 Å². The second-order valence-corrected chi connectivity index (χ2v) is 4.87. The lowest BCUT2D eigenvalue weighted by Gasteiger charge is -2.23. The van der Waals surface area contributed by atoms with Gasteiger partial charge in [0.05, 0.1) is 6.04 Å². The second kappa shape index (κ2) is 5.52. The Bertz CT molecular complexity index is 420. The zero-order chi connectivity index (χ0) is 12.3. The molecule has 1 saturated heterocycles. The molecule has 1 heterocycles. The molecule has 0 spiro atoms. The molecule has 3 nitrogen and oxygen atoms in total. The number of halogens is 1. The highest BCUT2D eigenvalue weighted by atomic mass is 35.5. The van der Waals surface area contributed by atoms with Gasteiger partial charge >= 0.3 is 0 Å². The van der Waals surface area contributed by atoms with Crippen molar-refractivity contribution in [1.82, 2.24) is 10.6 Å². The van der Waals surface area contributed by atoms with Gasteiger partial charge in [-0.2, -0.15) is 0 Å². The van der Waals surface area contributed by atoms with Gasteiger partial charge in [0.1, 0.15) is 0 Å². The van der Waals surface area contributed by atoms with Crippen LogP contribution in [-0.4, -0.2) is 18.5 Å². The van der Waals surface area contributed by atoms with Crippen molar-refractivity contribution >= 4 is 17.5 Å². The average molecular weight is 253 g/mol. The van der Waals surface area contributed by atoms with Crippen LogP contribution in [0.5, 0.6) is 0 Å². The fraction of sp³-hybridized carbons (Fsp3) is 0.462. The lowest BCUT2D eigenvalue weighted by Crippen LogP contribution is -2.47. The summed E-state index contributed by atoms with van der Waals surface area (Å²) < 4.78 is 0. The van der Waals surface area contributed by atoms with Gasteiger partial charge in [0, 0.05) is 18.1 Å². The second-order valence-electron chi connectivity index (χ2n) is 4.44. The number of nitrogens with one attached hydrogen (secondary N) is 2. The summed E-state index contributed by atoms with van der Waals surface area (Å²) in [6.07, 6.45) is 1.96. The van der Waals surface area contributed by atoms with Gasteiger partial charge in [-0.3, -0.25) is 4.79 Å². The molecule has 17 heavy (non-hydrogen) atoms. The Morgan fingerprint density at radius 1 is 1.53 bits per heavy atom. The third-order valence-electron chi connectivity index (χ3n) is 3.13. The van der Waals surface area contributed by atoms with Gasteiger partial charge in [0.15, 0.2) is 0 Å². The Balaban J connectivity index is 1.95. The first-order valence-corrected chi connectivity index (χ1v) is 6.31. The van der Waals surface area contributed by atoms with E-state index in [1.54, 1.807) is 0 Å². The smallest absolute Gasteiger partial charge is 0.237 e. The molecule has 2 rings (SSSR count). The quantitative estimate of drug-likeness (QED) is 0.864. The maximum absolute atomic E-state index is 11.6. The van der Waals surface area contributed by atoms with Gasteiger partial charge in [-0.25, -0.2) is 0 Å². The molecule has 4 heteroatoms. The van der Waals surface area contributed by atoms with Crippen LogP contribution in [0.3, 0.4) is 0 Å². The van der Waals surface area contributed by atoms with Gasteiger partial charge in [-0.05, 0) is 43.0 Å². The van der Waals surface area contributed by atoms with Crippen LogP contribution in [0.15, 0.2) is 18.2 Å². The van der Waals surface area contributed by atoms with E-state index in [0.717, 1.165) is 30.0 Å². The predicted octanol–water partition coefficient (Wildman–Crippen LogP) is 2.02. The van der Waals surface area contributed by atoms with Gasteiger partial charge in [-0.15, -0.1) is 0 Å². The minimum absolute atomic E-state index is 0.0566. The highest BCUT2D eigenvalue weighted by Crippen LogP contribution is 2.15. The molecule has 92 valence electrons. The summed E-state index contributed by atoms with van der Waals surface area (Å²) in [5.41, 5.74) is 2.34. The normalized spacial score (nSPS) is 20.1. The summed E-state index contributed by atoms with van der Waals surface area (Å²) in [7, 11) is 0. The van der Waals surface area contributed by atoms with Crippen molar-refractivity contribution in [3.8, 4) is 0 Å². The summed E-state index contributed by atoms with van der Waals surface area (Å²) in [5.74, 6) is 0.114. The molecule has 0 aromatic heterocycles. The van der Waals surface area contributed by atoms with Gasteiger partial charge in [0.2, 0.25) is 5.91 Å². The fourth-order valence-electron chi connectivity index (χ4n) is 2.06. The fourth-order valence-corrected chi connectivity index (χ4v) is 2.28. The molecule has 1 amide bonds. The van der Waals surface area contributed by atoms with Crippen molar-refractivity contribution in [3.05, 3.63) is 34.3 Å². The van der Waals surface area contributed by atoms with Crippen molar-refractivity contribution in [3.63, 3.8) is 0 Å². The summed E-state index contributed by atoms with van der Waals surface area (Å²) in [4.78, 5) is 11.6. The average Bonchev–Trinajstić information content (AvgIpc) is 2.30. The van der Waals surface area contributed by atoms with Crippen molar-refractivity contribution in [2.24, 2.45) is 0 Å². The molecular weight excluding hydrogens is 236 g/mol. The van der Waals surface area contributed by atoms with Crippen molar-refractivity contribution in [2.75, 3.05) is 6.54 Å². The van der Waals surface area contributed by atoms with Crippen molar-refractivity contribution in [1.29, 1.82) is 0 Å². The van der Waals surface area contributed by atoms with Crippen molar-refractivity contribution < 1.29 is 4.79 Å². The number of benzene rings is 1. The van der Waals surface area contributed by atoms with E-state index in [0.29, 0.717) is 6.54 Å². The van der Waals surface area contributed by atoms with E-state index in [9.17, 15) is 4.79 Å². The highest BCUT2D eigenvalue weighted by molar-refractivity contribution is 6.30. The zero-order valence-electron chi connectivity index (χ0n) is 9.92. The molecule has 0 radical (unpaired) electrons. The number of aryl methyl sites for hydroxylation is 1. The van der Waals surface area contributed by atoms with Crippen LogP contribution in [0.1, 0.15) is 24.0 Å². The van der Waals surface area contributed by atoms with E-state index in [-0.39, 0.29) is 11.9 Å². The molecule has 0 bridgehead atoms. The minimum atomic E-state index is -0.0566. The molecule has 1 aromatic carbocycles. The predicted molar refractivity (Wildman–Crippen MR) is 69.1 cm³/mol. The Labute approximate surface area is 107 Å². The Morgan fingerprint density at radius 3 is 3.06 bits per heavy atom. The van der Waals surface area contributed by atoms with Gasteiger partial charge in [0.25, 0.3) is 0 Å². The van der Waals surface area contributed by atoms with E-state index in [4.69, 9.17) is 11.6 Å². The van der Waals surface area contributed by atoms with Crippen LogP contribution in [-0.2, 0) is 11.3 Å². The van der Waals surface area contributed by atoms with E-state index in [1.807, 2.05) is 25.1 Å². The van der Waals surface area contributed by atoms with Crippen LogP contribution < -0.4 is 10.6 Å². The lowest BCUT2D eigenvalue weighted by atomic mass is 10.0. The number of hydrogen-bond donors (Lipinski definition) is 2. The first-order chi connectivity index (χ1) is 8.16. The van der Waals surface area contributed by atoms with E-state index in [2.05, 4.69) is 10.6 Å². The molecule has 1 atom stereocenters. The molecule has 1 unspecified atom stereocenters. The molecule has 0 saturated carbocycles. The van der Waals surface area contributed by atoms with Crippen LogP contribution in [0, 0.1) is 6.92 Å². The van der Waals surface area contributed by atoms with Crippen molar-refractivity contribution in [2.45, 2.75) is 32.4 Å². The standard InChI is InChI=1S/C13H17ClN2O/c1-9-7-11(14)5-4-10(9)8-16-12-3-2-6-15-13(12)17/h4-5,7,12,16H,2-3,6,8H2,1H3,(H,15,17). The molecular formula is C13H17ClN2O. The van der Waals surface area contributed by atoms with E-state index >= 15 is 0 Å². The van der Waals surface area contributed by atoms with E-state index in [1.165, 1.54) is 5.56 Å². The largest absolute Gasteiger partial charge is 0.355 e. The molecule has 2 N–H and O–H groups in total. The Hall–Kier alpha value is -1.06. The van der Waals surface area contributed by atoms with Crippen LogP contribution in [0.25, 0.3) is 0 Å². The first-order valence-electron chi connectivity index (χ1n) is 5.93. The number of carbonyl (C=O) groups is 1. The minimum Gasteiger partial charge on any atom is -0.355 e. The van der Waals surface area contributed by atoms with Crippen LogP contribution >= 0.6 is 11.6 Å². The third kappa shape index (κ3) is 3.20. The lowest BCUT2D eigenvalue weighted by molar-refractivity contribution is -0.124. The number of hydrogen-bond acceptors (Lipinski definition) is 2. The Kier molecular flexibility index (Phi) is 4.02. The van der Waals surface area contributed by atoms with Gasteiger partial charge in [-0.1, -0.05) is 17.7 Å². The molecule has 1 fully saturated rings. The maximum atomic E-state index is 11.6. The van der Waals surface area contributed by atoms with Crippen LogP contribution in [0.2, 0.25) is 5.02 Å². The zero-order valence-corrected chi connectivity index (χ0v) is 10.7. The SMILES string of the molecule is Cc1cc(Cl)ccc1CNC1CCCNC1=O. The number of carbonyl (C=O) groups excluding carboxylic acids is 1. The monoisotopic (exact) mass is 252 g/mol. The summed E-state index contributed by atoms with van der Waals surface area (Å²) in [5, 5.41) is 6.91. The first kappa shape index (κ1) is 12.4. The summed E-state index contributed by atoms with van der Waals surface area (Å²) in [6.45, 7) is 3.54. The number of amides is 1. The highest BCUT2D eigenvalue weighted by Gasteiger charge is 2.20. The third-order valence-corrected chi connectivity index (χ3v) is 3.36. The van der Waals surface area contributed by atoms with E-state index < -0.39 is 0 Å². The van der Waals surface area contributed by atoms with Crippen LogP contribution in [0.4, 0.5) is 0 Å². The molecule has 1 aromatic rings. The number of piperidine rings is 1. The maximum Gasteiger partial charge on any atom is 0.237 e.